The molecule has 3 aromatic rings. The van der Waals surface area contributed by atoms with Crippen LogP contribution in [0.15, 0.2) is 70.8 Å². The number of guanidine groups is 2. The highest BCUT2D eigenvalue weighted by atomic mass is 16.2. The van der Waals surface area contributed by atoms with E-state index in [4.69, 9.17) is 34.4 Å². The molecule has 0 saturated carbocycles. The summed E-state index contributed by atoms with van der Waals surface area (Å²) in [4.78, 5) is 148. The van der Waals surface area contributed by atoms with Gasteiger partial charge in [-0.05, 0) is 81.4 Å². The summed E-state index contributed by atoms with van der Waals surface area (Å²) < 4.78 is 0. The lowest BCUT2D eigenvalue weighted by Gasteiger charge is -2.27. The number of amides is 8. The molecule has 0 unspecified atom stereocenters. The minimum absolute atomic E-state index is 0.00257. The number of nitrogens with one attached hydrogen (secondary N) is 7. The fourth-order valence-electron chi connectivity index (χ4n) is 8.77. The third-order valence-electron chi connectivity index (χ3n) is 12.7. The molecule has 2 aromatic carbocycles. The van der Waals surface area contributed by atoms with Gasteiger partial charge in [0, 0.05) is 74.8 Å². The number of para-hydroxylation sites is 1. The Labute approximate surface area is 440 Å². The molecule has 0 aliphatic carbocycles. The second kappa shape index (κ2) is 30.7. The number of ketones is 2. The molecular formula is C51H73N15O10. The predicted octanol–water partition coefficient (Wildman–Crippen LogP) is -1.90. The van der Waals surface area contributed by atoms with Crippen LogP contribution in [0.3, 0.4) is 0 Å². The zero-order valence-corrected chi connectivity index (χ0v) is 42.8. The average molecular weight is 1060 g/mol. The number of hydrogen-bond donors (Lipinski definition) is 13. The molecule has 0 radical (unpaired) electrons. The number of fused-ring (bicyclic) bond motifs is 1. The number of rotatable bonds is 19. The van der Waals surface area contributed by atoms with E-state index in [9.17, 15) is 47.9 Å². The Bertz CT molecular complexity index is 2580. The monoisotopic (exact) mass is 1060 g/mol. The number of benzene rings is 2. The molecule has 0 bridgehead atoms. The van der Waals surface area contributed by atoms with Crippen LogP contribution in [0.1, 0.15) is 95.1 Å². The summed E-state index contributed by atoms with van der Waals surface area (Å²) >= 11 is 0. The highest BCUT2D eigenvalue weighted by Gasteiger charge is 2.36. The van der Waals surface area contributed by atoms with Crippen LogP contribution < -0.4 is 66.3 Å². The van der Waals surface area contributed by atoms with Crippen molar-refractivity contribution in [3.63, 3.8) is 0 Å². The molecule has 4 rings (SSSR count). The Kier molecular flexibility index (Phi) is 24.3. The van der Waals surface area contributed by atoms with Gasteiger partial charge in [0.15, 0.2) is 17.7 Å². The standard InChI is InChI=1S/C51H73N15O10/c1-29(67)62-37(17-10-22-60-51(56)57)47(74)66-40-27-44(71)58-20-8-7-16-36(45(53)72)63-46(73)32(24-33-28-61-35-15-6-5-14-34(33)35)26-41(68)31(13-9-21-59-50(54)55)25-42(69)39(23-30-11-3-2-4-12-30)65-48(75)38(64-49(40)76)18-19-43(52)70/h2-6,11-12,14-15,28,31-32,36-40,61H,7-10,13,16-27H2,1H3,(H2,52,70)(H2,53,72)(H,58,71)(H,62,67)(H,63,73)(H,64,76)(H,65,75)(H,66,74)(H4,54,55,59)(H4,56,57,60)/t31-,32-,36+,37+,38+,39-,40+/m1/s1. The molecule has 412 valence electrons. The Morgan fingerprint density at radius 1 is 0.697 bits per heavy atom. The van der Waals surface area contributed by atoms with E-state index < -0.39 is 120 Å². The van der Waals surface area contributed by atoms with E-state index in [0.717, 1.165) is 10.9 Å². The molecule has 7 atom stereocenters. The Hall–Kier alpha value is -8.38. The van der Waals surface area contributed by atoms with Crippen molar-refractivity contribution in [2.45, 2.75) is 127 Å². The third-order valence-corrected chi connectivity index (χ3v) is 12.7. The number of primary amides is 2. The minimum atomic E-state index is -1.69. The average Bonchev–Trinajstić information content (AvgIpc) is 3.77. The number of aromatic amines is 1. The summed E-state index contributed by atoms with van der Waals surface area (Å²) in [6.07, 6.45) is 0.449. The molecule has 0 spiro atoms. The predicted molar refractivity (Wildman–Crippen MR) is 283 cm³/mol. The van der Waals surface area contributed by atoms with Gasteiger partial charge in [-0.2, -0.15) is 0 Å². The van der Waals surface area contributed by atoms with Crippen molar-refractivity contribution in [3.05, 3.63) is 71.9 Å². The lowest BCUT2D eigenvalue weighted by Crippen LogP contribution is -2.58. The number of nitrogens with two attached hydrogens (primary N) is 6. The molecule has 1 aliphatic heterocycles. The van der Waals surface area contributed by atoms with E-state index in [2.05, 4.69) is 46.9 Å². The van der Waals surface area contributed by atoms with Gasteiger partial charge in [-0.3, -0.25) is 57.9 Å². The summed E-state index contributed by atoms with van der Waals surface area (Å²) in [5.74, 6) is -10.1. The van der Waals surface area contributed by atoms with Gasteiger partial charge in [-0.25, -0.2) is 0 Å². The van der Waals surface area contributed by atoms with Gasteiger partial charge >= 0.3 is 0 Å². The number of carbonyl (C=O) groups is 10. The summed E-state index contributed by atoms with van der Waals surface area (Å²) in [6.45, 7) is 1.37. The first kappa shape index (κ1) is 60.2. The number of H-pyrrole nitrogens is 1. The van der Waals surface area contributed by atoms with Crippen LogP contribution in [-0.2, 0) is 60.8 Å². The van der Waals surface area contributed by atoms with Gasteiger partial charge in [-0.15, -0.1) is 0 Å². The molecule has 25 heteroatoms. The number of nitrogens with zero attached hydrogens (tertiary/aromatic N) is 2. The first-order valence-electron chi connectivity index (χ1n) is 25.3. The van der Waals surface area contributed by atoms with Crippen molar-refractivity contribution >= 4 is 81.6 Å². The molecular weight excluding hydrogens is 983 g/mol. The van der Waals surface area contributed by atoms with Crippen LogP contribution in [0.4, 0.5) is 0 Å². The lowest BCUT2D eigenvalue weighted by molar-refractivity contribution is -0.136. The smallest absolute Gasteiger partial charge is 0.243 e. The number of hydrogen-bond acceptors (Lipinski definition) is 12. The topological polar surface area (TPSA) is 440 Å². The molecule has 8 amide bonds. The fraction of sp³-hybridized carbons (Fsp3) is 0.490. The number of aliphatic imine (C=N–C) groups is 2. The van der Waals surface area contributed by atoms with Gasteiger partial charge in [0.05, 0.1) is 12.5 Å². The summed E-state index contributed by atoms with van der Waals surface area (Å²) in [5.41, 5.74) is 35.5. The molecule has 1 saturated heterocycles. The summed E-state index contributed by atoms with van der Waals surface area (Å²) in [5, 5.41) is 16.5. The van der Waals surface area contributed by atoms with E-state index in [1.807, 2.05) is 24.3 Å². The van der Waals surface area contributed by atoms with Crippen molar-refractivity contribution in [2.75, 3.05) is 19.6 Å². The Morgan fingerprint density at radius 3 is 2.03 bits per heavy atom. The molecule has 1 aromatic heterocycles. The van der Waals surface area contributed by atoms with Crippen LogP contribution in [-0.4, -0.2) is 126 Å². The van der Waals surface area contributed by atoms with Crippen molar-refractivity contribution in [1.29, 1.82) is 0 Å². The van der Waals surface area contributed by atoms with Crippen LogP contribution in [0.2, 0.25) is 0 Å². The lowest BCUT2D eigenvalue weighted by atomic mass is 9.83. The minimum Gasteiger partial charge on any atom is -0.370 e. The van der Waals surface area contributed by atoms with Crippen molar-refractivity contribution in [3.8, 4) is 0 Å². The SMILES string of the molecule is CC(=O)N[C@@H](CCCN=C(N)N)C(=O)N[C@H]1CC(=O)NCCCC[C@@H](C(N)=O)NC(=O)[C@H](Cc2c[nH]c3ccccc23)CC(=O)[C@H](CCCN=C(N)N)CC(=O)[C@@H](Cc2ccccc2)NC(=O)[C@H](CCC(N)=O)NC1=O. The van der Waals surface area contributed by atoms with Crippen LogP contribution in [0.25, 0.3) is 10.9 Å². The third kappa shape index (κ3) is 20.9. The second-order valence-electron chi connectivity index (χ2n) is 18.8. The van der Waals surface area contributed by atoms with Gasteiger partial charge in [0.2, 0.25) is 47.3 Å². The first-order chi connectivity index (χ1) is 36.2. The number of carbonyl (C=O) groups excluding carboxylic acids is 10. The van der Waals surface area contributed by atoms with Crippen molar-refractivity contribution < 1.29 is 47.9 Å². The number of aromatic nitrogens is 1. The maximum Gasteiger partial charge on any atom is 0.243 e. The Balaban J connectivity index is 1.79. The maximum absolute atomic E-state index is 14.7. The second-order valence-corrected chi connectivity index (χ2v) is 18.8. The van der Waals surface area contributed by atoms with Crippen LogP contribution in [0.5, 0.6) is 0 Å². The molecule has 19 N–H and O–H groups in total. The van der Waals surface area contributed by atoms with E-state index in [-0.39, 0.29) is 102 Å². The van der Waals surface area contributed by atoms with E-state index in [0.29, 0.717) is 11.1 Å². The molecule has 1 aliphatic rings. The molecule has 2 heterocycles. The van der Waals surface area contributed by atoms with Crippen molar-refractivity contribution in [1.82, 2.24) is 36.9 Å². The van der Waals surface area contributed by atoms with Gasteiger partial charge in [-0.1, -0.05) is 48.5 Å². The van der Waals surface area contributed by atoms with Gasteiger partial charge < -0.3 is 71.3 Å². The maximum atomic E-state index is 14.7. The Morgan fingerprint density at radius 2 is 1.36 bits per heavy atom. The van der Waals surface area contributed by atoms with Crippen molar-refractivity contribution in [2.24, 2.45) is 56.2 Å². The quantitative estimate of drug-likeness (QED) is 0.0354. The zero-order valence-electron chi connectivity index (χ0n) is 42.8. The summed E-state index contributed by atoms with van der Waals surface area (Å²) in [6, 6.07) is 8.97. The highest BCUT2D eigenvalue weighted by molar-refractivity contribution is 5.99. The highest BCUT2D eigenvalue weighted by Crippen LogP contribution is 2.26. The molecule has 1 fully saturated rings. The number of Topliss-reactive ketones (excluding diaryl/α,β-unsaturated/α-hetero) is 2. The van der Waals surface area contributed by atoms with E-state index in [1.54, 1.807) is 36.5 Å². The summed E-state index contributed by atoms with van der Waals surface area (Å²) in [7, 11) is 0. The van der Waals surface area contributed by atoms with Gasteiger partial charge in [0.25, 0.3) is 0 Å². The van der Waals surface area contributed by atoms with Gasteiger partial charge in [0.1, 0.15) is 30.0 Å². The van der Waals surface area contributed by atoms with E-state index in [1.165, 1.54) is 6.92 Å². The van der Waals surface area contributed by atoms with Crippen LogP contribution in [0, 0.1) is 11.8 Å². The fourth-order valence-corrected chi connectivity index (χ4v) is 8.77. The first-order valence-corrected chi connectivity index (χ1v) is 25.3. The van der Waals surface area contributed by atoms with Crippen LogP contribution >= 0.6 is 0 Å². The zero-order chi connectivity index (χ0) is 55.7. The normalized spacial score (nSPS) is 21.1. The largest absolute Gasteiger partial charge is 0.370 e. The molecule has 25 nitrogen and oxygen atoms in total. The molecule has 76 heavy (non-hydrogen) atoms. The van der Waals surface area contributed by atoms with E-state index >= 15 is 0 Å².